The molecule has 2 aromatic rings. The van der Waals surface area contributed by atoms with Gasteiger partial charge in [-0.25, -0.2) is 9.50 Å². The van der Waals surface area contributed by atoms with Crippen molar-refractivity contribution in [3.05, 3.63) is 22.7 Å². The standard InChI is InChI=1S/C7H8BrN5O/c8-4-2-10-7-11-6(5(14)1-9)12-13(7)3-4/h2-3,5,14H,1,9H2. The van der Waals surface area contributed by atoms with Crippen LogP contribution in [0.1, 0.15) is 11.9 Å². The molecule has 0 fully saturated rings. The second-order valence-electron chi connectivity index (χ2n) is 2.74. The molecule has 3 N–H and O–H groups in total. The Morgan fingerprint density at radius 3 is 3.14 bits per heavy atom. The van der Waals surface area contributed by atoms with E-state index in [9.17, 15) is 5.11 Å². The Balaban J connectivity index is 2.51. The van der Waals surface area contributed by atoms with Crippen molar-refractivity contribution < 1.29 is 5.11 Å². The average molecular weight is 258 g/mol. The highest BCUT2D eigenvalue weighted by Gasteiger charge is 2.12. The first-order valence-corrected chi connectivity index (χ1v) is 4.76. The van der Waals surface area contributed by atoms with Gasteiger partial charge in [0.15, 0.2) is 5.82 Å². The van der Waals surface area contributed by atoms with E-state index in [1.807, 2.05) is 0 Å². The molecule has 0 aliphatic carbocycles. The lowest BCUT2D eigenvalue weighted by Crippen LogP contribution is -2.13. The van der Waals surface area contributed by atoms with Crippen LogP contribution < -0.4 is 5.73 Å². The molecule has 74 valence electrons. The van der Waals surface area contributed by atoms with E-state index in [2.05, 4.69) is 31.0 Å². The summed E-state index contributed by atoms with van der Waals surface area (Å²) in [6, 6.07) is 0. The molecule has 0 amide bonds. The minimum Gasteiger partial charge on any atom is -0.384 e. The van der Waals surface area contributed by atoms with E-state index in [0.29, 0.717) is 5.78 Å². The van der Waals surface area contributed by atoms with E-state index >= 15 is 0 Å². The van der Waals surface area contributed by atoms with Gasteiger partial charge in [-0.1, -0.05) is 0 Å². The van der Waals surface area contributed by atoms with Gasteiger partial charge in [-0.2, -0.15) is 4.98 Å². The molecule has 2 rings (SSSR count). The van der Waals surface area contributed by atoms with Crippen LogP contribution in [0.4, 0.5) is 0 Å². The molecule has 1 unspecified atom stereocenters. The number of aliphatic hydroxyl groups is 1. The van der Waals surface area contributed by atoms with Crippen molar-refractivity contribution in [1.29, 1.82) is 0 Å². The fourth-order valence-electron chi connectivity index (χ4n) is 1.02. The largest absolute Gasteiger partial charge is 0.384 e. The zero-order valence-corrected chi connectivity index (χ0v) is 8.72. The molecule has 2 heterocycles. The van der Waals surface area contributed by atoms with Crippen molar-refractivity contribution in [2.24, 2.45) is 5.73 Å². The number of nitrogens with zero attached hydrogens (tertiary/aromatic N) is 4. The third-order valence-corrected chi connectivity index (χ3v) is 2.11. The van der Waals surface area contributed by atoms with Crippen LogP contribution in [0.25, 0.3) is 5.78 Å². The molecule has 0 aromatic carbocycles. The molecule has 0 spiro atoms. The SMILES string of the molecule is NCC(O)c1nc2ncc(Br)cn2n1. The molecule has 0 radical (unpaired) electrons. The first-order chi connectivity index (χ1) is 6.70. The van der Waals surface area contributed by atoms with Crippen LogP contribution in [-0.4, -0.2) is 31.2 Å². The number of hydrogen-bond acceptors (Lipinski definition) is 5. The molecular weight excluding hydrogens is 250 g/mol. The molecule has 0 bridgehead atoms. The van der Waals surface area contributed by atoms with Crippen LogP contribution >= 0.6 is 15.9 Å². The zero-order chi connectivity index (χ0) is 10.1. The summed E-state index contributed by atoms with van der Waals surface area (Å²) in [5, 5.41) is 13.4. The second kappa shape index (κ2) is 3.60. The minimum absolute atomic E-state index is 0.0953. The molecule has 7 heteroatoms. The summed E-state index contributed by atoms with van der Waals surface area (Å²) in [5.41, 5.74) is 5.29. The first kappa shape index (κ1) is 9.50. The van der Waals surface area contributed by atoms with Gasteiger partial charge in [0.25, 0.3) is 5.78 Å². The highest BCUT2D eigenvalue weighted by Crippen LogP contribution is 2.10. The summed E-state index contributed by atoms with van der Waals surface area (Å²) in [7, 11) is 0. The number of nitrogens with two attached hydrogens (primary N) is 1. The fourth-order valence-corrected chi connectivity index (χ4v) is 1.32. The molecule has 0 aliphatic heterocycles. The topological polar surface area (TPSA) is 89.3 Å². The number of hydrogen-bond donors (Lipinski definition) is 2. The van der Waals surface area contributed by atoms with E-state index in [1.165, 1.54) is 4.52 Å². The number of halogens is 1. The first-order valence-electron chi connectivity index (χ1n) is 3.96. The summed E-state index contributed by atoms with van der Waals surface area (Å²) >= 11 is 3.26. The highest BCUT2D eigenvalue weighted by atomic mass is 79.9. The van der Waals surface area contributed by atoms with Crippen molar-refractivity contribution in [1.82, 2.24) is 19.6 Å². The Kier molecular flexibility index (Phi) is 2.44. The van der Waals surface area contributed by atoms with Gasteiger partial charge in [0.1, 0.15) is 6.10 Å². The van der Waals surface area contributed by atoms with Gasteiger partial charge in [-0.3, -0.25) is 0 Å². The minimum atomic E-state index is -0.838. The molecule has 0 saturated carbocycles. The normalized spacial score (nSPS) is 13.4. The summed E-state index contributed by atoms with van der Waals surface area (Å²) in [6.45, 7) is 0.0953. The smallest absolute Gasteiger partial charge is 0.252 e. The predicted molar refractivity (Wildman–Crippen MR) is 52.5 cm³/mol. The van der Waals surface area contributed by atoms with Crippen molar-refractivity contribution in [3.8, 4) is 0 Å². The summed E-state index contributed by atoms with van der Waals surface area (Å²) in [6.07, 6.45) is 2.49. The maximum Gasteiger partial charge on any atom is 0.252 e. The molecule has 0 aliphatic rings. The molecule has 2 aromatic heterocycles. The van der Waals surface area contributed by atoms with Crippen LogP contribution in [0.2, 0.25) is 0 Å². The Morgan fingerprint density at radius 2 is 2.43 bits per heavy atom. The van der Waals surface area contributed by atoms with Gasteiger partial charge in [-0.15, -0.1) is 5.10 Å². The highest BCUT2D eigenvalue weighted by molar-refractivity contribution is 9.10. The fraction of sp³-hybridized carbons (Fsp3) is 0.286. The molecule has 0 saturated heterocycles. The second-order valence-corrected chi connectivity index (χ2v) is 3.65. The Hall–Kier alpha value is -1.05. The van der Waals surface area contributed by atoms with Gasteiger partial charge >= 0.3 is 0 Å². The Morgan fingerprint density at radius 1 is 1.64 bits per heavy atom. The summed E-state index contributed by atoms with van der Waals surface area (Å²) in [4.78, 5) is 8.02. The van der Waals surface area contributed by atoms with E-state index in [1.54, 1.807) is 12.4 Å². The molecule has 1 atom stereocenters. The number of rotatable bonds is 2. The van der Waals surface area contributed by atoms with E-state index < -0.39 is 6.10 Å². The molecular formula is C7H8BrN5O. The van der Waals surface area contributed by atoms with Crippen LogP contribution in [-0.2, 0) is 0 Å². The van der Waals surface area contributed by atoms with E-state index in [4.69, 9.17) is 5.73 Å². The van der Waals surface area contributed by atoms with Crippen molar-refractivity contribution >= 4 is 21.7 Å². The van der Waals surface area contributed by atoms with Crippen molar-refractivity contribution in [3.63, 3.8) is 0 Å². The number of fused-ring (bicyclic) bond motifs is 1. The van der Waals surface area contributed by atoms with Gasteiger partial charge in [-0.05, 0) is 15.9 Å². The lowest BCUT2D eigenvalue weighted by atomic mass is 10.3. The monoisotopic (exact) mass is 257 g/mol. The number of aromatic nitrogens is 4. The Bertz CT molecular complexity index is 456. The Labute approximate surface area is 87.9 Å². The maximum absolute atomic E-state index is 9.40. The van der Waals surface area contributed by atoms with Gasteiger partial charge in [0, 0.05) is 18.9 Å². The van der Waals surface area contributed by atoms with Gasteiger partial charge < -0.3 is 10.8 Å². The zero-order valence-electron chi connectivity index (χ0n) is 7.13. The quantitative estimate of drug-likeness (QED) is 0.783. The lowest BCUT2D eigenvalue weighted by molar-refractivity contribution is 0.177. The third kappa shape index (κ3) is 1.61. The van der Waals surface area contributed by atoms with Crippen molar-refractivity contribution in [2.75, 3.05) is 6.54 Å². The van der Waals surface area contributed by atoms with Crippen LogP contribution in [0.15, 0.2) is 16.9 Å². The molecule has 14 heavy (non-hydrogen) atoms. The summed E-state index contributed by atoms with van der Waals surface area (Å²) < 4.78 is 2.28. The van der Waals surface area contributed by atoms with Crippen LogP contribution in [0, 0.1) is 0 Å². The van der Waals surface area contributed by atoms with Gasteiger partial charge in [0.2, 0.25) is 0 Å². The lowest BCUT2D eigenvalue weighted by Gasteiger charge is -1.98. The van der Waals surface area contributed by atoms with E-state index in [-0.39, 0.29) is 12.4 Å². The van der Waals surface area contributed by atoms with Crippen LogP contribution in [0.5, 0.6) is 0 Å². The van der Waals surface area contributed by atoms with Crippen LogP contribution in [0.3, 0.4) is 0 Å². The summed E-state index contributed by atoms with van der Waals surface area (Å²) in [5.74, 6) is 0.730. The number of aliphatic hydroxyl groups excluding tert-OH is 1. The van der Waals surface area contributed by atoms with E-state index in [0.717, 1.165) is 4.47 Å². The predicted octanol–water partition coefficient (Wildman–Crippen LogP) is -0.121. The maximum atomic E-state index is 9.40. The molecule has 6 nitrogen and oxygen atoms in total. The third-order valence-electron chi connectivity index (χ3n) is 1.70. The average Bonchev–Trinajstić information content (AvgIpc) is 2.59. The van der Waals surface area contributed by atoms with Crippen molar-refractivity contribution in [2.45, 2.75) is 6.10 Å². The van der Waals surface area contributed by atoms with Gasteiger partial charge in [0.05, 0.1) is 4.47 Å².